The molecule has 0 radical (unpaired) electrons. The number of nitrogens with one attached hydrogen (secondary N) is 3. The van der Waals surface area contributed by atoms with Gasteiger partial charge >= 0.3 is 12.0 Å². The Morgan fingerprint density at radius 2 is 1.77 bits per heavy atom. The SMILES string of the molecule is Cc1ccc(S(=O)(=O)NCC(=O)O[C@H](C)C(=O)NC(=O)NC2CCCCC2)cc1C. The summed E-state index contributed by atoms with van der Waals surface area (Å²) >= 11 is 0. The molecule has 1 fully saturated rings. The fourth-order valence-electron chi connectivity index (χ4n) is 3.09. The van der Waals surface area contributed by atoms with Crippen LogP contribution in [0.3, 0.4) is 0 Å². The Morgan fingerprint density at radius 3 is 2.40 bits per heavy atom. The number of imide groups is 1. The molecular weight excluding hydrogens is 410 g/mol. The average molecular weight is 440 g/mol. The number of carbonyl (C=O) groups excluding carboxylic acids is 3. The molecule has 30 heavy (non-hydrogen) atoms. The van der Waals surface area contributed by atoms with E-state index in [1.807, 2.05) is 6.92 Å². The highest BCUT2D eigenvalue weighted by Gasteiger charge is 2.23. The Bertz CT molecular complexity index is 894. The molecule has 9 nitrogen and oxygen atoms in total. The summed E-state index contributed by atoms with van der Waals surface area (Å²) in [6.45, 7) is 4.31. The maximum atomic E-state index is 12.3. The van der Waals surface area contributed by atoms with E-state index in [2.05, 4.69) is 15.4 Å². The molecule has 10 heteroatoms. The van der Waals surface area contributed by atoms with Crippen molar-refractivity contribution in [3.05, 3.63) is 29.3 Å². The molecule has 0 bridgehead atoms. The Balaban J connectivity index is 1.79. The molecule has 0 spiro atoms. The van der Waals surface area contributed by atoms with Gasteiger partial charge < -0.3 is 10.1 Å². The minimum atomic E-state index is -3.90. The largest absolute Gasteiger partial charge is 0.452 e. The van der Waals surface area contributed by atoms with E-state index in [-0.39, 0.29) is 10.9 Å². The second kappa shape index (κ2) is 10.5. The van der Waals surface area contributed by atoms with Crippen molar-refractivity contribution in [2.75, 3.05) is 6.54 Å². The predicted octanol–water partition coefficient (Wildman–Crippen LogP) is 1.67. The Hall–Kier alpha value is -2.46. The molecule has 1 saturated carbocycles. The number of carbonyl (C=O) groups is 3. The number of hydrogen-bond acceptors (Lipinski definition) is 6. The van der Waals surface area contributed by atoms with Crippen LogP contribution in [-0.4, -0.2) is 45.0 Å². The molecule has 3 amide bonds. The summed E-state index contributed by atoms with van der Waals surface area (Å²) in [5, 5.41) is 4.86. The first-order chi connectivity index (χ1) is 14.1. The van der Waals surface area contributed by atoms with Crippen LogP contribution in [0, 0.1) is 13.8 Å². The molecule has 0 aliphatic heterocycles. The Labute approximate surface area is 177 Å². The van der Waals surface area contributed by atoms with Gasteiger partial charge in [-0.2, -0.15) is 4.72 Å². The van der Waals surface area contributed by atoms with Crippen LogP contribution < -0.4 is 15.4 Å². The molecule has 3 N–H and O–H groups in total. The van der Waals surface area contributed by atoms with Gasteiger partial charge in [-0.15, -0.1) is 0 Å². The van der Waals surface area contributed by atoms with Gasteiger partial charge in [0.15, 0.2) is 6.10 Å². The standard InChI is InChI=1S/C20H29N3O6S/c1-13-9-10-17(11-14(13)2)30(27,28)21-12-18(24)29-15(3)19(25)23-20(26)22-16-7-5-4-6-8-16/h9-11,15-16,21H,4-8,12H2,1-3H3,(H2,22,23,25,26)/t15-/m1/s1. The number of benzene rings is 1. The quantitative estimate of drug-likeness (QED) is 0.554. The van der Waals surface area contributed by atoms with Crippen LogP contribution in [0.5, 0.6) is 0 Å². The number of esters is 1. The second-order valence-electron chi connectivity index (χ2n) is 7.50. The van der Waals surface area contributed by atoms with Gasteiger partial charge in [0.1, 0.15) is 6.54 Å². The number of urea groups is 1. The zero-order chi connectivity index (χ0) is 22.3. The summed E-state index contributed by atoms with van der Waals surface area (Å²) in [7, 11) is -3.90. The third-order valence-corrected chi connectivity index (χ3v) is 6.45. The van der Waals surface area contributed by atoms with Crippen molar-refractivity contribution in [2.45, 2.75) is 69.9 Å². The van der Waals surface area contributed by atoms with Crippen LogP contribution in [0.1, 0.15) is 50.2 Å². The van der Waals surface area contributed by atoms with Gasteiger partial charge in [0.05, 0.1) is 4.90 Å². The highest BCUT2D eigenvalue weighted by atomic mass is 32.2. The van der Waals surface area contributed by atoms with Gasteiger partial charge in [0, 0.05) is 6.04 Å². The smallest absolute Gasteiger partial charge is 0.321 e. The number of hydrogen-bond donors (Lipinski definition) is 3. The molecule has 0 saturated heterocycles. The van der Waals surface area contributed by atoms with E-state index in [1.54, 1.807) is 13.0 Å². The predicted molar refractivity (Wildman–Crippen MR) is 110 cm³/mol. The van der Waals surface area contributed by atoms with E-state index in [0.717, 1.165) is 43.2 Å². The van der Waals surface area contributed by atoms with E-state index < -0.39 is 40.6 Å². The highest BCUT2D eigenvalue weighted by Crippen LogP contribution is 2.17. The molecular formula is C20H29N3O6S. The number of rotatable bonds is 7. The first-order valence-electron chi connectivity index (χ1n) is 9.96. The van der Waals surface area contributed by atoms with Gasteiger partial charge in [-0.25, -0.2) is 13.2 Å². The summed E-state index contributed by atoms with van der Waals surface area (Å²) in [6, 6.07) is 4.02. The maximum absolute atomic E-state index is 12.3. The van der Waals surface area contributed by atoms with Crippen LogP contribution in [0.2, 0.25) is 0 Å². The van der Waals surface area contributed by atoms with Crippen LogP contribution in [-0.2, 0) is 24.3 Å². The van der Waals surface area contributed by atoms with E-state index in [0.29, 0.717) is 0 Å². The monoisotopic (exact) mass is 439 g/mol. The van der Waals surface area contributed by atoms with Crippen molar-refractivity contribution in [2.24, 2.45) is 0 Å². The van der Waals surface area contributed by atoms with Crippen molar-refractivity contribution in [3.8, 4) is 0 Å². The molecule has 166 valence electrons. The molecule has 1 aliphatic rings. The third kappa shape index (κ3) is 7.10. The van der Waals surface area contributed by atoms with E-state index >= 15 is 0 Å². The summed E-state index contributed by atoms with van der Waals surface area (Å²) in [5.74, 6) is -1.72. The number of ether oxygens (including phenoxy) is 1. The first kappa shape index (κ1) is 23.8. The summed E-state index contributed by atoms with van der Waals surface area (Å²) in [5.41, 5.74) is 1.75. The van der Waals surface area contributed by atoms with Gasteiger partial charge in [-0.05, 0) is 56.9 Å². The summed E-state index contributed by atoms with van der Waals surface area (Å²) < 4.78 is 31.7. The van der Waals surface area contributed by atoms with Gasteiger partial charge in [0.2, 0.25) is 10.0 Å². The molecule has 1 aliphatic carbocycles. The minimum Gasteiger partial charge on any atom is -0.452 e. The zero-order valence-corrected chi connectivity index (χ0v) is 18.3. The zero-order valence-electron chi connectivity index (χ0n) is 17.5. The van der Waals surface area contributed by atoms with Crippen molar-refractivity contribution in [3.63, 3.8) is 0 Å². The molecule has 2 rings (SSSR count). The summed E-state index contributed by atoms with van der Waals surface area (Å²) in [4.78, 5) is 35.9. The van der Waals surface area contributed by atoms with Crippen molar-refractivity contribution in [1.29, 1.82) is 0 Å². The second-order valence-corrected chi connectivity index (χ2v) is 9.27. The van der Waals surface area contributed by atoms with Crippen LogP contribution in [0.25, 0.3) is 0 Å². The number of aryl methyl sites for hydroxylation is 2. The molecule has 0 heterocycles. The first-order valence-corrected chi connectivity index (χ1v) is 11.4. The minimum absolute atomic E-state index is 0.0311. The lowest BCUT2D eigenvalue weighted by Gasteiger charge is -2.23. The Kier molecular flexibility index (Phi) is 8.36. The van der Waals surface area contributed by atoms with E-state index in [4.69, 9.17) is 4.74 Å². The van der Waals surface area contributed by atoms with Crippen LogP contribution in [0.15, 0.2) is 23.1 Å². The summed E-state index contributed by atoms with van der Waals surface area (Å²) in [6.07, 6.45) is 3.69. The molecule has 1 aromatic carbocycles. The van der Waals surface area contributed by atoms with Gasteiger partial charge in [-0.1, -0.05) is 25.3 Å². The van der Waals surface area contributed by atoms with Crippen molar-refractivity contribution >= 4 is 27.9 Å². The third-order valence-electron chi connectivity index (χ3n) is 5.05. The van der Waals surface area contributed by atoms with E-state index in [1.165, 1.54) is 19.1 Å². The highest BCUT2D eigenvalue weighted by molar-refractivity contribution is 7.89. The van der Waals surface area contributed by atoms with Crippen LogP contribution in [0.4, 0.5) is 4.79 Å². The fourth-order valence-corrected chi connectivity index (χ4v) is 4.15. The van der Waals surface area contributed by atoms with Gasteiger partial charge in [-0.3, -0.25) is 14.9 Å². The number of amides is 3. The number of sulfonamides is 1. The topological polar surface area (TPSA) is 131 Å². The molecule has 0 aromatic heterocycles. The molecule has 1 atom stereocenters. The lowest BCUT2D eigenvalue weighted by molar-refractivity contribution is -0.153. The fraction of sp³-hybridized carbons (Fsp3) is 0.550. The van der Waals surface area contributed by atoms with Crippen molar-refractivity contribution in [1.82, 2.24) is 15.4 Å². The maximum Gasteiger partial charge on any atom is 0.321 e. The van der Waals surface area contributed by atoms with Crippen LogP contribution >= 0.6 is 0 Å². The normalized spacial score (nSPS) is 15.8. The Morgan fingerprint density at radius 1 is 1.10 bits per heavy atom. The van der Waals surface area contributed by atoms with Crippen molar-refractivity contribution < 1.29 is 27.5 Å². The van der Waals surface area contributed by atoms with E-state index in [9.17, 15) is 22.8 Å². The van der Waals surface area contributed by atoms with Gasteiger partial charge in [0.25, 0.3) is 5.91 Å². The molecule has 0 unspecified atom stereocenters. The molecule has 1 aromatic rings. The lowest BCUT2D eigenvalue weighted by atomic mass is 9.96. The average Bonchev–Trinajstić information content (AvgIpc) is 2.69. The lowest BCUT2D eigenvalue weighted by Crippen LogP contribution is -2.48.